The van der Waals surface area contributed by atoms with E-state index in [1.807, 2.05) is 0 Å². The summed E-state index contributed by atoms with van der Waals surface area (Å²) in [5.74, 6) is -0.563. The molecular weight excluding hydrogens is 216 g/mol. The van der Waals surface area contributed by atoms with Gasteiger partial charge in [-0.2, -0.15) is 0 Å². The lowest BCUT2D eigenvalue weighted by Crippen LogP contribution is -2.11. The van der Waals surface area contributed by atoms with Gasteiger partial charge in [-0.25, -0.2) is 4.39 Å². The summed E-state index contributed by atoms with van der Waals surface area (Å²) in [5, 5.41) is 0.0249. The van der Waals surface area contributed by atoms with Crippen molar-refractivity contribution in [3.8, 4) is 0 Å². The molecule has 2 nitrogen and oxygen atoms in total. The van der Waals surface area contributed by atoms with Gasteiger partial charge < -0.3 is 10.5 Å². The van der Waals surface area contributed by atoms with E-state index in [0.717, 1.165) is 6.07 Å². The second kappa shape index (κ2) is 5.17. The highest BCUT2D eigenvalue weighted by Crippen LogP contribution is 2.17. The molecule has 1 aromatic carbocycles. The zero-order chi connectivity index (χ0) is 9.14. The lowest BCUT2D eigenvalue weighted by Gasteiger charge is -2.03. The third kappa shape index (κ3) is 2.95. The van der Waals surface area contributed by atoms with Crippen LogP contribution in [0.25, 0.3) is 0 Å². The Bertz CT molecular complexity index is 306. The molecule has 2 N–H and O–H groups in total. The summed E-state index contributed by atoms with van der Waals surface area (Å²) in [6.45, 7) is 0. The summed E-state index contributed by atoms with van der Waals surface area (Å²) >= 11 is 5.42. The van der Waals surface area contributed by atoms with E-state index >= 15 is 0 Å². The average Bonchev–Trinajstić information content (AvgIpc) is 2.08. The SMILES string of the molecule is Cl.N[C@H](C=O)c1ccc(Cl)c(F)c1. The molecule has 13 heavy (non-hydrogen) atoms. The Morgan fingerprint density at radius 3 is 2.62 bits per heavy atom. The van der Waals surface area contributed by atoms with Crippen LogP contribution in [0.4, 0.5) is 4.39 Å². The molecule has 72 valence electrons. The number of hydrogen-bond donors (Lipinski definition) is 1. The molecule has 0 aromatic heterocycles. The zero-order valence-corrected chi connectivity index (χ0v) is 8.11. The predicted molar refractivity (Wildman–Crippen MR) is 51.7 cm³/mol. The minimum Gasteiger partial charge on any atom is -0.318 e. The van der Waals surface area contributed by atoms with Crippen molar-refractivity contribution in [1.82, 2.24) is 0 Å². The number of hydrogen-bond acceptors (Lipinski definition) is 2. The molecule has 1 aromatic rings. The second-order valence-electron chi connectivity index (χ2n) is 2.34. The molecule has 5 heteroatoms. The molecule has 0 bridgehead atoms. The number of carbonyl (C=O) groups excluding carboxylic acids is 1. The van der Waals surface area contributed by atoms with E-state index in [1.165, 1.54) is 12.1 Å². The minimum absolute atomic E-state index is 0. The number of rotatable bonds is 2. The molecule has 0 fully saturated rings. The monoisotopic (exact) mass is 223 g/mol. The molecule has 0 aliphatic carbocycles. The fraction of sp³-hybridized carbons (Fsp3) is 0.125. The van der Waals surface area contributed by atoms with Crippen LogP contribution in [0.1, 0.15) is 11.6 Å². The normalized spacial score (nSPS) is 11.6. The lowest BCUT2D eigenvalue weighted by molar-refractivity contribution is -0.109. The van der Waals surface area contributed by atoms with Crippen LogP contribution in [0.15, 0.2) is 18.2 Å². The van der Waals surface area contributed by atoms with E-state index in [-0.39, 0.29) is 17.4 Å². The summed E-state index contributed by atoms with van der Waals surface area (Å²) in [6, 6.07) is 3.26. The molecule has 1 rings (SSSR count). The lowest BCUT2D eigenvalue weighted by atomic mass is 10.1. The number of carbonyl (C=O) groups is 1. The van der Waals surface area contributed by atoms with Gasteiger partial charge in [0.1, 0.15) is 12.1 Å². The van der Waals surface area contributed by atoms with Gasteiger partial charge in [-0.05, 0) is 17.7 Å². The fourth-order valence-corrected chi connectivity index (χ4v) is 0.916. The van der Waals surface area contributed by atoms with Crippen LogP contribution in [-0.4, -0.2) is 6.29 Å². The van der Waals surface area contributed by atoms with Crippen molar-refractivity contribution in [2.75, 3.05) is 0 Å². The molecule has 0 amide bonds. The fourth-order valence-electron chi connectivity index (χ4n) is 0.798. The van der Waals surface area contributed by atoms with Crippen LogP contribution in [0.5, 0.6) is 0 Å². The Kier molecular flexibility index (Phi) is 4.91. The van der Waals surface area contributed by atoms with Gasteiger partial charge in [0.25, 0.3) is 0 Å². The van der Waals surface area contributed by atoms with Crippen molar-refractivity contribution < 1.29 is 9.18 Å². The molecule has 0 saturated carbocycles. The molecule has 0 heterocycles. The van der Waals surface area contributed by atoms with Crippen molar-refractivity contribution in [2.24, 2.45) is 5.73 Å². The predicted octanol–water partition coefficient (Wildman–Crippen LogP) is 2.10. The topological polar surface area (TPSA) is 43.1 Å². The minimum atomic E-state index is -0.781. The maximum atomic E-state index is 12.8. The van der Waals surface area contributed by atoms with Crippen LogP contribution in [0.2, 0.25) is 5.02 Å². The van der Waals surface area contributed by atoms with Crippen molar-refractivity contribution in [3.05, 3.63) is 34.6 Å². The van der Waals surface area contributed by atoms with Crippen molar-refractivity contribution >= 4 is 30.3 Å². The van der Waals surface area contributed by atoms with E-state index < -0.39 is 11.9 Å². The smallest absolute Gasteiger partial charge is 0.142 e. The summed E-state index contributed by atoms with van der Waals surface area (Å²) in [5.41, 5.74) is 5.76. The highest BCUT2D eigenvalue weighted by molar-refractivity contribution is 6.30. The zero-order valence-electron chi connectivity index (χ0n) is 6.54. The molecule has 0 aliphatic heterocycles. The van der Waals surface area contributed by atoms with Crippen LogP contribution >= 0.6 is 24.0 Å². The molecule has 0 radical (unpaired) electrons. The Morgan fingerprint density at radius 2 is 2.15 bits per heavy atom. The molecular formula is C8H8Cl2FNO. The largest absolute Gasteiger partial charge is 0.318 e. The van der Waals surface area contributed by atoms with Gasteiger partial charge in [0.15, 0.2) is 0 Å². The highest BCUT2D eigenvalue weighted by atomic mass is 35.5. The third-order valence-electron chi connectivity index (χ3n) is 1.48. The third-order valence-corrected chi connectivity index (χ3v) is 1.78. The van der Waals surface area contributed by atoms with Gasteiger partial charge >= 0.3 is 0 Å². The Hall–Kier alpha value is -0.640. The van der Waals surface area contributed by atoms with Crippen LogP contribution < -0.4 is 5.73 Å². The van der Waals surface area contributed by atoms with Crippen LogP contribution in [0, 0.1) is 5.82 Å². The maximum absolute atomic E-state index is 12.8. The Morgan fingerprint density at radius 1 is 1.54 bits per heavy atom. The van der Waals surface area contributed by atoms with E-state index in [2.05, 4.69) is 0 Å². The number of aldehydes is 1. The quantitative estimate of drug-likeness (QED) is 0.781. The first-order valence-electron chi connectivity index (χ1n) is 3.31. The molecule has 0 spiro atoms. The van der Waals surface area contributed by atoms with Gasteiger partial charge in [0.05, 0.1) is 11.1 Å². The summed E-state index contributed by atoms with van der Waals surface area (Å²) in [6.07, 6.45) is 0.544. The first-order valence-corrected chi connectivity index (χ1v) is 3.69. The van der Waals surface area contributed by atoms with Crippen molar-refractivity contribution in [3.63, 3.8) is 0 Å². The van der Waals surface area contributed by atoms with Crippen LogP contribution in [0.3, 0.4) is 0 Å². The van der Waals surface area contributed by atoms with Gasteiger partial charge in [-0.1, -0.05) is 17.7 Å². The summed E-state index contributed by atoms with van der Waals surface area (Å²) in [4.78, 5) is 10.2. The van der Waals surface area contributed by atoms with Crippen molar-refractivity contribution in [2.45, 2.75) is 6.04 Å². The standard InChI is InChI=1S/C8H7ClFNO.ClH/c9-6-2-1-5(3-7(6)10)8(11)4-12;/h1-4,8H,11H2;1H/t8-;/m1./s1. The Balaban J connectivity index is 0.00000144. The van der Waals surface area contributed by atoms with E-state index in [1.54, 1.807) is 0 Å². The first-order chi connectivity index (χ1) is 5.65. The van der Waals surface area contributed by atoms with Gasteiger partial charge in [-0.3, -0.25) is 0 Å². The van der Waals surface area contributed by atoms with Crippen LogP contribution in [-0.2, 0) is 4.79 Å². The van der Waals surface area contributed by atoms with E-state index in [0.29, 0.717) is 11.8 Å². The first kappa shape index (κ1) is 12.4. The van der Waals surface area contributed by atoms with E-state index in [4.69, 9.17) is 17.3 Å². The van der Waals surface area contributed by atoms with Crippen molar-refractivity contribution in [1.29, 1.82) is 0 Å². The molecule has 0 unspecified atom stereocenters. The highest BCUT2D eigenvalue weighted by Gasteiger charge is 2.06. The summed E-state index contributed by atoms with van der Waals surface area (Å²) < 4.78 is 12.8. The Labute approximate surface area is 86.3 Å². The summed E-state index contributed by atoms with van der Waals surface area (Å²) in [7, 11) is 0. The number of benzene rings is 1. The molecule has 0 aliphatic rings. The van der Waals surface area contributed by atoms with Gasteiger partial charge in [-0.15, -0.1) is 12.4 Å². The molecule has 0 saturated heterocycles. The average molecular weight is 224 g/mol. The molecule has 1 atom stereocenters. The van der Waals surface area contributed by atoms with E-state index in [9.17, 15) is 9.18 Å². The number of halogens is 3. The van der Waals surface area contributed by atoms with Gasteiger partial charge in [0, 0.05) is 0 Å². The van der Waals surface area contributed by atoms with Gasteiger partial charge in [0.2, 0.25) is 0 Å². The number of nitrogens with two attached hydrogens (primary N) is 1. The second-order valence-corrected chi connectivity index (χ2v) is 2.74. The maximum Gasteiger partial charge on any atom is 0.142 e.